The molecule has 0 unspecified atom stereocenters. The smallest absolute Gasteiger partial charge is 0.312 e. The van der Waals surface area contributed by atoms with E-state index in [-0.39, 0.29) is 23.9 Å². The molecular formula is C21H16N2O3. The fourth-order valence-corrected chi connectivity index (χ4v) is 3.98. The number of H-pyrrole nitrogens is 1. The first-order valence-electron chi connectivity index (χ1n) is 8.53. The maximum absolute atomic E-state index is 13.1. The van der Waals surface area contributed by atoms with E-state index >= 15 is 0 Å². The van der Waals surface area contributed by atoms with Crippen molar-refractivity contribution in [3.8, 4) is 5.75 Å². The lowest BCUT2D eigenvalue weighted by Crippen LogP contribution is -2.31. The van der Waals surface area contributed by atoms with Gasteiger partial charge < -0.3 is 14.3 Å². The van der Waals surface area contributed by atoms with E-state index in [9.17, 15) is 9.59 Å². The van der Waals surface area contributed by atoms with Gasteiger partial charge in [0.1, 0.15) is 5.75 Å². The number of carbonyl (C=O) groups excluding carboxylic acids is 1. The van der Waals surface area contributed by atoms with Crippen LogP contribution in [-0.4, -0.2) is 15.5 Å². The Morgan fingerprint density at radius 1 is 1.04 bits per heavy atom. The minimum absolute atomic E-state index is 0.124. The molecule has 5 rings (SSSR count). The predicted octanol–water partition coefficient (Wildman–Crippen LogP) is 3.46. The third-order valence-electron chi connectivity index (χ3n) is 5.22. The van der Waals surface area contributed by atoms with Gasteiger partial charge in [0.25, 0.3) is 5.56 Å². The average molecular weight is 344 g/mol. The van der Waals surface area contributed by atoms with E-state index in [0.717, 1.165) is 27.4 Å². The largest absolute Gasteiger partial charge is 0.425 e. The highest BCUT2D eigenvalue weighted by molar-refractivity contribution is 5.93. The lowest BCUT2D eigenvalue weighted by atomic mass is 9.86. The Hall–Kier alpha value is -3.34. The van der Waals surface area contributed by atoms with Crippen LogP contribution in [0.4, 0.5) is 0 Å². The summed E-state index contributed by atoms with van der Waals surface area (Å²) in [5.41, 5.74) is 3.12. The molecule has 5 heteroatoms. The van der Waals surface area contributed by atoms with Gasteiger partial charge >= 0.3 is 5.97 Å². The molecule has 1 aliphatic heterocycles. The first-order valence-corrected chi connectivity index (χ1v) is 8.53. The van der Waals surface area contributed by atoms with E-state index in [4.69, 9.17) is 4.74 Å². The number of esters is 1. The standard InChI is InChI=1S/C21H16N2O3/c1-23-17-9-5-3-7-13(17)20-19(21(23)25)14(10-18(24)26-20)15-11-22-16-8-4-2-6-12(15)16/h2-9,11,14,22H,10H2,1H3/t14-/m1/s1. The summed E-state index contributed by atoms with van der Waals surface area (Å²) in [6, 6.07) is 15.4. The molecule has 3 heterocycles. The van der Waals surface area contributed by atoms with Gasteiger partial charge in [-0.25, -0.2) is 0 Å². The van der Waals surface area contributed by atoms with Crippen LogP contribution >= 0.6 is 0 Å². The van der Waals surface area contributed by atoms with E-state index in [1.807, 2.05) is 54.7 Å². The van der Waals surface area contributed by atoms with Crippen LogP contribution in [0.15, 0.2) is 59.5 Å². The molecule has 1 aliphatic rings. The number of fused-ring (bicyclic) bond motifs is 4. The second-order valence-electron chi connectivity index (χ2n) is 6.64. The molecule has 0 saturated heterocycles. The van der Waals surface area contributed by atoms with Crippen LogP contribution in [-0.2, 0) is 11.8 Å². The van der Waals surface area contributed by atoms with Gasteiger partial charge in [0.15, 0.2) is 0 Å². The van der Waals surface area contributed by atoms with Gasteiger partial charge in [-0.05, 0) is 23.8 Å². The van der Waals surface area contributed by atoms with Gasteiger partial charge in [0.05, 0.1) is 17.5 Å². The summed E-state index contributed by atoms with van der Waals surface area (Å²) in [7, 11) is 1.76. The molecule has 4 aromatic rings. The number of carbonyl (C=O) groups is 1. The fourth-order valence-electron chi connectivity index (χ4n) is 3.98. The molecule has 0 bridgehead atoms. The van der Waals surface area contributed by atoms with Crippen LogP contribution in [0.2, 0.25) is 0 Å². The minimum Gasteiger partial charge on any atom is -0.425 e. The number of para-hydroxylation sites is 2. The average Bonchev–Trinajstić information content (AvgIpc) is 3.09. The van der Waals surface area contributed by atoms with E-state index in [2.05, 4.69) is 4.98 Å². The first-order chi connectivity index (χ1) is 12.6. The monoisotopic (exact) mass is 344 g/mol. The predicted molar refractivity (Wildman–Crippen MR) is 99.6 cm³/mol. The van der Waals surface area contributed by atoms with Crippen LogP contribution in [0.3, 0.4) is 0 Å². The van der Waals surface area contributed by atoms with Crippen molar-refractivity contribution in [1.82, 2.24) is 9.55 Å². The lowest BCUT2D eigenvalue weighted by molar-refractivity contribution is -0.135. The number of pyridine rings is 1. The molecule has 0 radical (unpaired) electrons. The van der Waals surface area contributed by atoms with Gasteiger partial charge in [-0.3, -0.25) is 9.59 Å². The van der Waals surface area contributed by atoms with Gasteiger partial charge in [0.2, 0.25) is 0 Å². The summed E-state index contributed by atoms with van der Waals surface area (Å²) in [5.74, 6) is -0.243. The quantitative estimate of drug-likeness (QED) is 0.538. The molecule has 0 aliphatic carbocycles. The van der Waals surface area contributed by atoms with Crippen molar-refractivity contribution < 1.29 is 9.53 Å². The molecular weight excluding hydrogens is 328 g/mol. The van der Waals surface area contributed by atoms with Crippen LogP contribution in [0, 0.1) is 0 Å². The maximum atomic E-state index is 13.1. The Labute approximate surface area is 148 Å². The Morgan fingerprint density at radius 2 is 1.77 bits per heavy atom. The second-order valence-corrected chi connectivity index (χ2v) is 6.64. The van der Waals surface area contributed by atoms with Gasteiger partial charge in [-0.2, -0.15) is 0 Å². The normalized spacial score (nSPS) is 16.7. The Balaban J connectivity index is 1.87. The maximum Gasteiger partial charge on any atom is 0.312 e. The number of hydrogen-bond acceptors (Lipinski definition) is 3. The molecule has 1 atom stereocenters. The number of rotatable bonds is 1. The van der Waals surface area contributed by atoms with E-state index in [0.29, 0.717) is 11.3 Å². The molecule has 0 fully saturated rings. The lowest BCUT2D eigenvalue weighted by Gasteiger charge is -2.26. The molecule has 1 N–H and O–H groups in total. The summed E-state index contributed by atoms with van der Waals surface area (Å²) in [6.07, 6.45) is 2.05. The third-order valence-corrected chi connectivity index (χ3v) is 5.22. The van der Waals surface area contributed by atoms with Crippen molar-refractivity contribution in [2.45, 2.75) is 12.3 Å². The molecule has 2 aromatic heterocycles. The molecule has 0 amide bonds. The highest BCUT2D eigenvalue weighted by Gasteiger charge is 2.34. The summed E-state index contributed by atoms with van der Waals surface area (Å²) >= 11 is 0. The Morgan fingerprint density at radius 3 is 2.62 bits per heavy atom. The number of hydrogen-bond donors (Lipinski definition) is 1. The zero-order valence-corrected chi connectivity index (χ0v) is 14.2. The molecule has 5 nitrogen and oxygen atoms in total. The summed E-state index contributed by atoms with van der Waals surface area (Å²) in [6.45, 7) is 0. The van der Waals surface area contributed by atoms with E-state index < -0.39 is 0 Å². The zero-order chi connectivity index (χ0) is 17.8. The van der Waals surface area contributed by atoms with Crippen molar-refractivity contribution in [2.75, 3.05) is 0 Å². The second kappa shape index (κ2) is 5.33. The van der Waals surface area contributed by atoms with Crippen LogP contribution in [0.1, 0.15) is 23.5 Å². The molecule has 0 saturated carbocycles. The fraction of sp³-hybridized carbons (Fsp3) is 0.143. The molecule has 2 aromatic carbocycles. The Kier molecular flexibility index (Phi) is 3.06. The number of nitrogens with zero attached hydrogens (tertiary/aromatic N) is 1. The first kappa shape index (κ1) is 15.0. The van der Waals surface area contributed by atoms with E-state index in [1.165, 1.54) is 0 Å². The SMILES string of the molecule is Cn1c(=O)c2c(c3ccccc31)OC(=O)C[C@@H]2c1c[nH]c2ccccc12. The van der Waals surface area contributed by atoms with Crippen LogP contribution < -0.4 is 10.3 Å². The number of nitrogens with one attached hydrogen (secondary N) is 1. The Bertz CT molecular complexity index is 1250. The minimum atomic E-state index is -0.328. The van der Waals surface area contributed by atoms with Crippen molar-refractivity contribution >= 4 is 27.8 Å². The van der Waals surface area contributed by atoms with E-state index in [1.54, 1.807) is 11.6 Å². The van der Waals surface area contributed by atoms with Crippen molar-refractivity contribution in [3.05, 3.63) is 76.2 Å². The van der Waals surface area contributed by atoms with Crippen molar-refractivity contribution in [3.63, 3.8) is 0 Å². The van der Waals surface area contributed by atoms with Gasteiger partial charge in [-0.15, -0.1) is 0 Å². The molecule has 128 valence electrons. The van der Waals surface area contributed by atoms with Gasteiger partial charge in [0, 0.05) is 35.5 Å². The number of aromatic amines is 1. The number of aromatic nitrogens is 2. The van der Waals surface area contributed by atoms with Gasteiger partial charge in [-0.1, -0.05) is 30.3 Å². The van der Waals surface area contributed by atoms with Crippen molar-refractivity contribution in [2.24, 2.45) is 7.05 Å². The number of benzene rings is 2. The summed E-state index contributed by atoms with van der Waals surface area (Å²) < 4.78 is 7.19. The number of aryl methyl sites for hydroxylation is 1. The highest BCUT2D eigenvalue weighted by atomic mass is 16.5. The molecule has 26 heavy (non-hydrogen) atoms. The molecule has 0 spiro atoms. The third kappa shape index (κ3) is 1.97. The topological polar surface area (TPSA) is 64.1 Å². The number of ether oxygens (including phenoxy) is 1. The van der Waals surface area contributed by atoms with Crippen molar-refractivity contribution in [1.29, 1.82) is 0 Å². The summed E-state index contributed by atoms with van der Waals surface area (Å²) in [4.78, 5) is 28.7. The highest BCUT2D eigenvalue weighted by Crippen LogP contribution is 2.42. The summed E-state index contributed by atoms with van der Waals surface area (Å²) in [5, 5.41) is 1.80. The van der Waals surface area contributed by atoms with Crippen LogP contribution in [0.5, 0.6) is 5.75 Å². The zero-order valence-electron chi connectivity index (χ0n) is 14.2. The van der Waals surface area contributed by atoms with Crippen LogP contribution in [0.25, 0.3) is 21.8 Å².